The van der Waals surface area contributed by atoms with Gasteiger partial charge in [-0.05, 0) is 30.0 Å². The Labute approximate surface area is 152 Å². The van der Waals surface area contributed by atoms with Gasteiger partial charge in [0.15, 0.2) is 0 Å². The zero-order chi connectivity index (χ0) is 17.9. The second-order valence-electron chi connectivity index (χ2n) is 8.10. The molecule has 2 aliphatic heterocycles. The van der Waals surface area contributed by atoms with Crippen LogP contribution in [0.1, 0.15) is 43.1 Å². The van der Waals surface area contributed by atoms with Gasteiger partial charge in [-0.15, -0.1) is 5.10 Å². The van der Waals surface area contributed by atoms with Crippen LogP contribution in [0.4, 0.5) is 0 Å². The van der Waals surface area contributed by atoms with Crippen molar-refractivity contribution in [2.24, 2.45) is 7.05 Å². The lowest BCUT2D eigenvalue weighted by molar-refractivity contribution is 0.186. The zero-order valence-corrected chi connectivity index (χ0v) is 15.5. The molecule has 0 radical (unpaired) electrons. The van der Waals surface area contributed by atoms with E-state index >= 15 is 0 Å². The Kier molecular flexibility index (Phi) is 3.45. The fourth-order valence-electron chi connectivity index (χ4n) is 4.58. The van der Waals surface area contributed by atoms with Gasteiger partial charge in [-0.1, -0.05) is 19.1 Å². The van der Waals surface area contributed by atoms with Gasteiger partial charge in [0.25, 0.3) is 0 Å². The Balaban J connectivity index is 1.46. The third kappa shape index (κ3) is 2.38. The number of nitrogens with one attached hydrogen (secondary N) is 2. The number of nitrogens with zero attached hydrogens (tertiary/aromatic N) is 5. The maximum Gasteiger partial charge on any atom is 0.0967 e. The smallest absolute Gasteiger partial charge is 0.0967 e. The van der Waals surface area contributed by atoms with Crippen LogP contribution in [-0.2, 0) is 19.1 Å². The van der Waals surface area contributed by atoms with Crippen LogP contribution in [0, 0.1) is 0 Å². The molecule has 7 heteroatoms. The van der Waals surface area contributed by atoms with Crippen LogP contribution in [0.3, 0.4) is 0 Å². The number of hydrogen-bond donors (Lipinski definition) is 2. The summed E-state index contributed by atoms with van der Waals surface area (Å²) in [6, 6.07) is 4.90. The van der Waals surface area contributed by atoms with E-state index in [0.717, 1.165) is 48.5 Å². The van der Waals surface area contributed by atoms with Gasteiger partial charge in [-0.3, -0.25) is 9.58 Å². The molecule has 0 saturated carbocycles. The van der Waals surface area contributed by atoms with E-state index in [2.05, 4.69) is 57.7 Å². The summed E-state index contributed by atoms with van der Waals surface area (Å²) in [5.41, 5.74) is 5.68. The van der Waals surface area contributed by atoms with E-state index in [1.165, 1.54) is 5.56 Å². The highest BCUT2D eigenvalue weighted by molar-refractivity contribution is 5.79. The zero-order valence-electron chi connectivity index (χ0n) is 15.5. The molecule has 2 fully saturated rings. The standard InChI is InChI=1S/C19H25N7/c1-12(2)15-8-20-16-4-5-17(22-18(15)16)19-6-14(7-21-19)26(11-19)10-13-9-25(3)24-23-13/h4-5,8-9,12,14,20-21H,6-7,10-11H2,1-3H3. The average molecular weight is 351 g/mol. The van der Waals surface area contributed by atoms with Crippen LogP contribution in [0.15, 0.2) is 24.5 Å². The lowest BCUT2D eigenvalue weighted by Gasteiger charge is -2.33. The van der Waals surface area contributed by atoms with Gasteiger partial charge in [0.05, 0.1) is 28.0 Å². The summed E-state index contributed by atoms with van der Waals surface area (Å²) in [5.74, 6) is 0.463. The first-order chi connectivity index (χ1) is 12.5. The average Bonchev–Trinajstić information content (AvgIpc) is 3.37. The van der Waals surface area contributed by atoms with Gasteiger partial charge >= 0.3 is 0 Å². The van der Waals surface area contributed by atoms with Crippen molar-refractivity contribution in [3.63, 3.8) is 0 Å². The van der Waals surface area contributed by atoms with Crippen molar-refractivity contribution in [3.8, 4) is 0 Å². The molecule has 2 atom stereocenters. The maximum absolute atomic E-state index is 5.10. The van der Waals surface area contributed by atoms with Gasteiger partial charge in [-0.2, -0.15) is 0 Å². The van der Waals surface area contributed by atoms with Crippen LogP contribution < -0.4 is 5.32 Å². The number of aryl methyl sites for hydroxylation is 1. The van der Waals surface area contributed by atoms with Crippen molar-refractivity contribution in [1.29, 1.82) is 0 Å². The van der Waals surface area contributed by atoms with Crippen molar-refractivity contribution in [1.82, 2.24) is 35.2 Å². The number of pyridine rings is 1. The molecule has 136 valence electrons. The van der Waals surface area contributed by atoms with E-state index < -0.39 is 0 Å². The summed E-state index contributed by atoms with van der Waals surface area (Å²) in [4.78, 5) is 11.0. The van der Waals surface area contributed by atoms with Crippen molar-refractivity contribution < 1.29 is 0 Å². The lowest BCUT2D eigenvalue weighted by atomic mass is 9.94. The molecule has 0 aromatic carbocycles. The second kappa shape index (κ2) is 5.62. The first-order valence-corrected chi connectivity index (χ1v) is 9.37. The van der Waals surface area contributed by atoms with Crippen LogP contribution >= 0.6 is 0 Å². The monoisotopic (exact) mass is 351 g/mol. The molecule has 2 N–H and O–H groups in total. The van der Waals surface area contributed by atoms with Crippen LogP contribution in [0.5, 0.6) is 0 Å². The molecule has 5 heterocycles. The summed E-state index contributed by atoms with van der Waals surface area (Å²) in [6.07, 6.45) is 5.21. The van der Waals surface area contributed by atoms with Gasteiger partial charge in [0, 0.05) is 45.1 Å². The minimum atomic E-state index is -0.0490. The van der Waals surface area contributed by atoms with E-state index in [4.69, 9.17) is 4.98 Å². The normalized spacial score (nSPS) is 25.8. The third-order valence-corrected chi connectivity index (χ3v) is 5.93. The largest absolute Gasteiger partial charge is 0.360 e. The van der Waals surface area contributed by atoms with Crippen LogP contribution in [0.25, 0.3) is 11.0 Å². The molecule has 2 saturated heterocycles. The SMILES string of the molecule is CC(C)c1c[nH]c2ccc(C34CC(CN3)N(Cc3cn(C)nn3)C4)nc12. The maximum atomic E-state index is 5.10. The minimum Gasteiger partial charge on any atom is -0.360 e. The lowest BCUT2D eigenvalue weighted by Crippen LogP contribution is -2.49. The number of fused-ring (bicyclic) bond motifs is 3. The second-order valence-corrected chi connectivity index (χ2v) is 8.10. The molecule has 0 aliphatic carbocycles. The first-order valence-electron chi connectivity index (χ1n) is 9.37. The predicted octanol–water partition coefficient (Wildman–Crippen LogP) is 1.89. The number of aromatic amines is 1. The number of rotatable bonds is 4. The molecule has 26 heavy (non-hydrogen) atoms. The summed E-state index contributed by atoms with van der Waals surface area (Å²) < 4.78 is 1.77. The molecular weight excluding hydrogens is 326 g/mol. The molecular formula is C19H25N7. The first kappa shape index (κ1) is 16.0. The van der Waals surface area contributed by atoms with Crippen molar-refractivity contribution in [3.05, 3.63) is 41.5 Å². The molecule has 2 aliphatic rings. The van der Waals surface area contributed by atoms with Crippen molar-refractivity contribution >= 4 is 11.0 Å². The van der Waals surface area contributed by atoms with Crippen LogP contribution in [-0.4, -0.2) is 49.0 Å². The van der Waals surface area contributed by atoms with E-state index in [9.17, 15) is 0 Å². The molecule has 2 bridgehead atoms. The molecule has 5 rings (SSSR count). The molecule has 2 unspecified atom stereocenters. The van der Waals surface area contributed by atoms with Gasteiger partial charge in [-0.25, -0.2) is 4.98 Å². The Morgan fingerprint density at radius 1 is 1.35 bits per heavy atom. The number of hydrogen-bond acceptors (Lipinski definition) is 5. The Bertz CT molecular complexity index is 956. The van der Waals surface area contributed by atoms with Crippen LogP contribution in [0.2, 0.25) is 0 Å². The minimum absolute atomic E-state index is 0.0490. The quantitative estimate of drug-likeness (QED) is 0.751. The van der Waals surface area contributed by atoms with Gasteiger partial charge in [0.2, 0.25) is 0 Å². The van der Waals surface area contributed by atoms with Gasteiger partial charge < -0.3 is 10.3 Å². The molecule has 7 nitrogen and oxygen atoms in total. The highest BCUT2D eigenvalue weighted by Crippen LogP contribution is 2.41. The topological polar surface area (TPSA) is 74.7 Å². The number of piperazine rings is 1. The molecule has 3 aromatic heterocycles. The van der Waals surface area contributed by atoms with Crippen molar-refractivity contribution in [2.45, 2.75) is 44.3 Å². The van der Waals surface area contributed by atoms with E-state index in [-0.39, 0.29) is 5.54 Å². The predicted molar refractivity (Wildman–Crippen MR) is 99.7 cm³/mol. The number of H-pyrrole nitrogens is 1. The molecule has 0 spiro atoms. The molecule has 0 amide bonds. The summed E-state index contributed by atoms with van der Waals surface area (Å²) in [5, 5.41) is 12.1. The highest BCUT2D eigenvalue weighted by atomic mass is 15.4. The molecule has 3 aromatic rings. The fourth-order valence-corrected chi connectivity index (χ4v) is 4.58. The van der Waals surface area contributed by atoms with E-state index in [1.807, 2.05) is 13.2 Å². The third-order valence-electron chi connectivity index (χ3n) is 5.93. The Hall–Kier alpha value is -2.25. The van der Waals surface area contributed by atoms with E-state index in [1.54, 1.807) is 4.68 Å². The summed E-state index contributed by atoms with van der Waals surface area (Å²) in [6.45, 7) is 7.26. The number of likely N-dealkylation sites (tertiary alicyclic amines) is 1. The highest BCUT2D eigenvalue weighted by Gasteiger charge is 2.51. The summed E-state index contributed by atoms with van der Waals surface area (Å²) in [7, 11) is 1.91. The van der Waals surface area contributed by atoms with E-state index in [0.29, 0.717) is 12.0 Å². The fraction of sp³-hybridized carbons (Fsp3) is 0.526. The Morgan fingerprint density at radius 2 is 2.23 bits per heavy atom. The Morgan fingerprint density at radius 3 is 3.00 bits per heavy atom. The van der Waals surface area contributed by atoms with Crippen molar-refractivity contribution in [2.75, 3.05) is 13.1 Å². The van der Waals surface area contributed by atoms with Gasteiger partial charge in [0.1, 0.15) is 0 Å². The number of aromatic nitrogens is 5. The summed E-state index contributed by atoms with van der Waals surface area (Å²) >= 11 is 0.